The first-order valence-corrected chi connectivity index (χ1v) is 5.40. The van der Waals surface area contributed by atoms with Crippen LogP contribution in [0.5, 0.6) is 0 Å². The molecule has 1 aromatic carbocycles. The molecular weight excluding hydrogens is 214 g/mol. The molecule has 0 unspecified atom stereocenters. The van der Waals surface area contributed by atoms with Gasteiger partial charge in [0.2, 0.25) is 0 Å². The van der Waals surface area contributed by atoms with Gasteiger partial charge in [0, 0.05) is 11.9 Å². The fraction of sp³-hybridized carbons (Fsp3) is 0.400. The fourth-order valence-corrected chi connectivity index (χ4v) is 2.26. The molecule has 12 heavy (non-hydrogen) atoms. The number of rotatable bonds is 1. The van der Waals surface area contributed by atoms with E-state index in [0.717, 1.165) is 18.4 Å². The zero-order valence-corrected chi connectivity index (χ0v) is 8.52. The predicted molar refractivity (Wildman–Crippen MR) is 54.5 cm³/mol. The number of nitrogens with one attached hydrogen (secondary N) is 1. The lowest BCUT2D eigenvalue weighted by Crippen LogP contribution is -2.24. The van der Waals surface area contributed by atoms with E-state index >= 15 is 0 Å². The van der Waals surface area contributed by atoms with Crippen LogP contribution in [0.4, 0.5) is 0 Å². The summed E-state index contributed by atoms with van der Waals surface area (Å²) >= 11 is 3.52. The monoisotopic (exact) mass is 225 g/mol. The van der Waals surface area contributed by atoms with Gasteiger partial charge in [0.25, 0.3) is 0 Å². The average molecular weight is 226 g/mol. The molecule has 0 atom stereocenters. The van der Waals surface area contributed by atoms with Gasteiger partial charge in [-0.1, -0.05) is 34.1 Å². The third-order valence-corrected chi connectivity index (χ3v) is 2.99. The van der Waals surface area contributed by atoms with Gasteiger partial charge >= 0.3 is 0 Å². The van der Waals surface area contributed by atoms with Crippen molar-refractivity contribution in [1.29, 1.82) is 0 Å². The van der Waals surface area contributed by atoms with Gasteiger partial charge in [0.1, 0.15) is 0 Å². The van der Waals surface area contributed by atoms with Crippen LogP contribution in [-0.2, 0) is 18.3 Å². The molecule has 0 amide bonds. The van der Waals surface area contributed by atoms with Crippen molar-refractivity contribution in [2.24, 2.45) is 0 Å². The smallest absolute Gasteiger partial charge is 0.0285 e. The summed E-state index contributed by atoms with van der Waals surface area (Å²) in [6.07, 6.45) is 1.18. The normalized spacial score (nSPS) is 15.8. The molecule has 0 bridgehead atoms. The van der Waals surface area contributed by atoms with Gasteiger partial charge in [0.05, 0.1) is 0 Å². The van der Waals surface area contributed by atoms with Gasteiger partial charge in [-0.3, -0.25) is 0 Å². The standard InChI is InChI=1S/C10H12BrN/c11-6-8-2-1-3-9-7-12-5-4-10(8)9/h1-3,12H,4-7H2. The molecule has 0 saturated carbocycles. The van der Waals surface area contributed by atoms with Crippen molar-refractivity contribution >= 4 is 15.9 Å². The molecule has 0 saturated heterocycles. The molecule has 1 nitrogen and oxygen atoms in total. The summed E-state index contributed by atoms with van der Waals surface area (Å²) in [6.45, 7) is 2.16. The van der Waals surface area contributed by atoms with E-state index in [-0.39, 0.29) is 0 Å². The third-order valence-electron chi connectivity index (χ3n) is 2.38. The Kier molecular flexibility index (Phi) is 2.47. The molecule has 0 radical (unpaired) electrons. The topological polar surface area (TPSA) is 12.0 Å². The summed E-state index contributed by atoms with van der Waals surface area (Å²) in [6, 6.07) is 6.56. The first-order chi connectivity index (χ1) is 5.92. The second-order valence-electron chi connectivity index (χ2n) is 3.12. The molecular formula is C10H12BrN. The Morgan fingerprint density at radius 3 is 3.17 bits per heavy atom. The van der Waals surface area contributed by atoms with E-state index in [1.54, 1.807) is 5.56 Å². The lowest BCUT2D eigenvalue weighted by Gasteiger charge is -2.19. The van der Waals surface area contributed by atoms with Gasteiger partial charge in [-0.2, -0.15) is 0 Å². The highest BCUT2D eigenvalue weighted by Crippen LogP contribution is 2.20. The summed E-state index contributed by atoms with van der Waals surface area (Å²) in [5.41, 5.74) is 4.47. The second-order valence-corrected chi connectivity index (χ2v) is 3.68. The van der Waals surface area contributed by atoms with E-state index in [2.05, 4.69) is 39.4 Å². The molecule has 2 heteroatoms. The maximum atomic E-state index is 3.52. The zero-order valence-electron chi connectivity index (χ0n) is 6.94. The number of hydrogen-bond donors (Lipinski definition) is 1. The molecule has 1 heterocycles. The number of halogens is 1. The zero-order chi connectivity index (χ0) is 8.39. The molecule has 0 aromatic heterocycles. The highest BCUT2D eigenvalue weighted by atomic mass is 79.9. The minimum Gasteiger partial charge on any atom is -0.312 e. The number of benzene rings is 1. The number of fused-ring (bicyclic) bond motifs is 1. The predicted octanol–water partition coefficient (Wildman–Crippen LogP) is 2.23. The van der Waals surface area contributed by atoms with Crippen molar-refractivity contribution in [3.05, 3.63) is 34.9 Å². The third kappa shape index (κ3) is 1.41. The van der Waals surface area contributed by atoms with Crippen molar-refractivity contribution in [3.63, 3.8) is 0 Å². The number of alkyl halides is 1. The van der Waals surface area contributed by atoms with Crippen LogP contribution in [0.15, 0.2) is 18.2 Å². The van der Waals surface area contributed by atoms with E-state index in [4.69, 9.17) is 0 Å². The quantitative estimate of drug-likeness (QED) is 0.724. The van der Waals surface area contributed by atoms with E-state index in [0.29, 0.717) is 0 Å². The van der Waals surface area contributed by atoms with Gasteiger partial charge in [-0.05, 0) is 29.7 Å². The van der Waals surface area contributed by atoms with Crippen molar-refractivity contribution in [3.8, 4) is 0 Å². The van der Waals surface area contributed by atoms with Crippen LogP contribution in [0.25, 0.3) is 0 Å². The lowest BCUT2D eigenvalue weighted by molar-refractivity contribution is 0.641. The summed E-state index contributed by atoms with van der Waals surface area (Å²) in [4.78, 5) is 0. The summed E-state index contributed by atoms with van der Waals surface area (Å²) in [5, 5.41) is 4.36. The van der Waals surface area contributed by atoms with Crippen LogP contribution in [0.3, 0.4) is 0 Å². The Labute approximate surface area is 81.3 Å². The SMILES string of the molecule is BrCc1cccc2c1CCNC2. The average Bonchev–Trinajstić information content (AvgIpc) is 2.17. The first-order valence-electron chi connectivity index (χ1n) is 4.28. The maximum absolute atomic E-state index is 3.52. The largest absolute Gasteiger partial charge is 0.312 e. The molecule has 1 aliphatic rings. The van der Waals surface area contributed by atoms with Crippen molar-refractivity contribution < 1.29 is 0 Å². The van der Waals surface area contributed by atoms with Gasteiger partial charge in [0.15, 0.2) is 0 Å². The fourth-order valence-electron chi connectivity index (χ4n) is 1.74. The minimum atomic E-state index is 0.982. The molecule has 0 fully saturated rings. The van der Waals surface area contributed by atoms with E-state index in [9.17, 15) is 0 Å². The van der Waals surface area contributed by atoms with E-state index in [1.165, 1.54) is 17.5 Å². The maximum Gasteiger partial charge on any atom is 0.0285 e. The van der Waals surface area contributed by atoms with Crippen LogP contribution in [-0.4, -0.2) is 6.54 Å². The highest BCUT2D eigenvalue weighted by molar-refractivity contribution is 9.08. The van der Waals surface area contributed by atoms with Gasteiger partial charge < -0.3 is 5.32 Å². The molecule has 64 valence electrons. The van der Waals surface area contributed by atoms with Crippen molar-refractivity contribution in [1.82, 2.24) is 5.32 Å². The lowest BCUT2D eigenvalue weighted by atomic mass is 9.96. The van der Waals surface area contributed by atoms with E-state index < -0.39 is 0 Å². The van der Waals surface area contributed by atoms with Crippen LogP contribution >= 0.6 is 15.9 Å². The Balaban J connectivity index is 2.44. The van der Waals surface area contributed by atoms with E-state index in [1.807, 2.05) is 0 Å². The molecule has 0 spiro atoms. The molecule has 1 aromatic rings. The Morgan fingerprint density at radius 2 is 2.33 bits per heavy atom. The first kappa shape index (κ1) is 8.27. The molecule has 1 aliphatic heterocycles. The van der Waals surface area contributed by atoms with Crippen LogP contribution in [0.1, 0.15) is 16.7 Å². The second kappa shape index (κ2) is 3.58. The van der Waals surface area contributed by atoms with Crippen molar-refractivity contribution in [2.45, 2.75) is 18.3 Å². The summed E-state index contributed by atoms with van der Waals surface area (Å²) in [5.74, 6) is 0. The highest BCUT2D eigenvalue weighted by Gasteiger charge is 2.10. The van der Waals surface area contributed by atoms with Gasteiger partial charge in [-0.25, -0.2) is 0 Å². The Hall–Kier alpha value is -0.340. The Morgan fingerprint density at radius 1 is 1.42 bits per heavy atom. The summed E-state index contributed by atoms with van der Waals surface area (Å²) < 4.78 is 0. The van der Waals surface area contributed by atoms with Crippen LogP contribution in [0.2, 0.25) is 0 Å². The van der Waals surface area contributed by atoms with Crippen molar-refractivity contribution in [2.75, 3.05) is 6.54 Å². The molecule has 0 aliphatic carbocycles. The summed E-state index contributed by atoms with van der Waals surface area (Å²) in [7, 11) is 0. The number of hydrogen-bond acceptors (Lipinski definition) is 1. The van der Waals surface area contributed by atoms with Gasteiger partial charge in [-0.15, -0.1) is 0 Å². The minimum absolute atomic E-state index is 0.982. The Bertz CT molecular complexity index is 269. The van der Waals surface area contributed by atoms with Crippen LogP contribution < -0.4 is 5.32 Å². The molecule has 2 rings (SSSR count). The molecule has 1 N–H and O–H groups in total. The van der Waals surface area contributed by atoms with Crippen LogP contribution in [0, 0.1) is 0 Å².